The highest BCUT2D eigenvalue weighted by Crippen LogP contribution is 2.36. The van der Waals surface area contributed by atoms with E-state index in [9.17, 15) is 19.5 Å². The molecule has 29 heavy (non-hydrogen) atoms. The predicted molar refractivity (Wildman–Crippen MR) is 107 cm³/mol. The number of hydrogen-bond donors (Lipinski definition) is 2. The average Bonchev–Trinajstić information content (AvgIpc) is 3.10. The van der Waals surface area contributed by atoms with Gasteiger partial charge in [0.15, 0.2) is 5.75 Å². The molecule has 0 radical (unpaired) electrons. The molecule has 152 valence electrons. The summed E-state index contributed by atoms with van der Waals surface area (Å²) in [5.74, 6) is -2.03. The van der Waals surface area contributed by atoms with Gasteiger partial charge in [-0.1, -0.05) is 17.7 Å². The zero-order valence-corrected chi connectivity index (χ0v) is 16.5. The molecule has 1 aliphatic heterocycles. The maximum Gasteiger partial charge on any atom is 0.341 e. The van der Waals surface area contributed by atoms with E-state index in [2.05, 4.69) is 10.1 Å². The van der Waals surface area contributed by atoms with Crippen molar-refractivity contribution in [1.82, 2.24) is 0 Å². The maximum absolute atomic E-state index is 12.7. The first-order chi connectivity index (χ1) is 13.8. The molecule has 8 nitrogen and oxygen atoms in total. The summed E-state index contributed by atoms with van der Waals surface area (Å²) < 4.78 is 9.88. The highest BCUT2D eigenvalue weighted by Gasteiger charge is 2.36. The third kappa shape index (κ3) is 4.12. The Morgan fingerprint density at radius 3 is 2.69 bits per heavy atom. The number of benzene rings is 2. The summed E-state index contributed by atoms with van der Waals surface area (Å²) in [6.45, 7) is 0.124. The molecular weight excluding hydrogens is 400 g/mol. The lowest BCUT2D eigenvalue weighted by Crippen LogP contribution is -2.28. The molecular formula is C20H19ClN2O6. The molecule has 2 amide bonds. The van der Waals surface area contributed by atoms with Crippen LogP contribution in [0.5, 0.6) is 11.5 Å². The standard InChI is InChI=1S/C20H19ClN2O6/c1-28-16-7-6-12(21)9-15(16)23-10-11(8-17(23)24)19(26)22-14-5-3-4-13(18(14)25)20(27)29-2/h3-7,9,11,25H,8,10H2,1-2H3,(H,22,26). The van der Waals surface area contributed by atoms with Gasteiger partial charge in [0, 0.05) is 18.0 Å². The zero-order valence-electron chi connectivity index (χ0n) is 15.8. The average molecular weight is 419 g/mol. The topological polar surface area (TPSA) is 105 Å². The molecule has 1 aliphatic rings. The van der Waals surface area contributed by atoms with Crippen molar-refractivity contribution in [1.29, 1.82) is 0 Å². The number of nitrogens with zero attached hydrogens (tertiary/aromatic N) is 1. The fraction of sp³-hybridized carbons (Fsp3) is 0.250. The number of para-hydroxylation sites is 1. The van der Waals surface area contributed by atoms with Gasteiger partial charge in [-0.3, -0.25) is 9.59 Å². The van der Waals surface area contributed by atoms with Crippen LogP contribution >= 0.6 is 11.6 Å². The molecule has 0 aromatic heterocycles. The molecule has 1 atom stereocenters. The van der Waals surface area contributed by atoms with Crippen molar-refractivity contribution >= 4 is 40.8 Å². The quantitative estimate of drug-likeness (QED) is 0.571. The number of anilines is 2. The van der Waals surface area contributed by atoms with Crippen molar-refractivity contribution in [3.05, 3.63) is 47.0 Å². The number of aromatic hydroxyl groups is 1. The molecule has 1 heterocycles. The van der Waals surface area contributed by atoms with E-state index in [0.717, 1.165) is 0 Å². The van der Waals surface area contributed by atoms with Crippen molar-refractivity contribution < 1.29 is 29.0 Å². The summed E-state index contributed by atoms with van der Waals surface area (Å²) in [6.07, 6.45) is -0.0149. The smallest absolute Gasteiger partial charge is 0.341 e. The Hall–Kier alpha value is -3.26. The lowest BCUT2D eigenvalue weighted by Gasteiger charge is -2.20. The molecule has 1 unspecified atom stereocenters. The molecule has 9 heteroatoms. The van der Waals surface area contributed by atoms with Crippen LogP contribution in [0.1, 0.15) is 16.8 Å². The van der Waals surface area contributed by atoms with Crippen LogP contribution in [0.3, 0.4) is 0 Å². The Bertz CT molecular complexity index is 977. The molecule has 0 saturated carbocycles. The van der Waals surface area contributed by atoms with Gasteiger partial charge in [0.1, 0.15) is 11.3 Å². The summed E-state index contributed by atoms with van der Waals surface area (Å²) in [7, 11) is 2.67. The number of methoxy groups -OCH3 is 2. The second-order valence-corrected chi connectivity index (χ2v) is 6.84. The third-order valence-electron chi connectivity index (χ3n) is 4.63. The van der Waals surface area contributed by atoms with Crippen molar-refractivity contribution in [3.8, 4) is 11.5 Å². The highest BCUT2D eigenvalue weighted by molar-refractivity contribution is 6.31. The normalized spacial score (nSPS) is 15.9. The van der Waals surface area contributed by atoms with Gasteiger partial charge in [-0.25, -0.2) is 4.79 Å². The van der Waals surface area contributed by atoms with Gasteiger partial charge in [-0.05, 0) is 30.3 Å². The second-order valence-electron chi connectivity index (χ2n) is 6.40. The van der Waals surface area contributed by atoms with E-state index in [1.54, 1.807) is 18.2 Å². The van der Waals surface area contributed by atoms with Crippen LogP contribution in [0, 0.1) is 5.92 Å². The minimum absolute atomic E-state index is 0.0149. The van der Waals surface area contributed by atoms with E-state index in [-0.39, 0.29) is 30.1 Å². The summed E-state index contributed by atoms with van der Waals surface area (Å²) in [4.78, 5) is 38.3. The van der Waals surface area contributed by atoms with E-state index < -0.39 is 23.5 Å². The fourth-order valence-electron chi connectivity index (χ4n) is 3.14. The Morgan fingerprint density at radius 1 is 1.24 bits per heavy atom. The van der Waals surface area contributed by atoms with Gasteiger partial charge in [0.05, 0.1) is 31.5 Å². The number of phenolic OH excluding ortho intramolecular Hbond substituents is 1. The highest BCUT2D eigenvalue weighted by atomic mass is 35.5. The van der Waals surface area contributed by atoms with Crippen LogP contribution in [0.15, 0.2) is 36.4 Å². The van der Waals surface area contributed by atoms with Crippen molar-refractivity contribution in [2.24, 2.45) is 5.92 Å². The van der Waals surface area contributed by atoms with Gasteiger partial charge in [0.25, 0.3) is 0 Å². The van der Waals surface area contributed by atoms with E-state index in [1.165, 1.54) is 37.3 Å². The van der Waals surface area contributed by atoms with Gasteiger partial charge >= 0.3 is 5.97 Å². The maximum atomic E-state index is 12.7. The van der Waals surface area contributed by atoms with Crippen LogP contribution in [0.25, 0.3) is 0 Å². The van der Waals surface area contributed by atoms with E-state index in [4.69, 9.17) is 16.3 Å². The minimum atomic E-state index is -0.728. The minimum Gasteiger partial charge on any atom is -0.505 e. The molecule has 0 aliphatic carbocycles. The Kier molecular flexibility index (Phi) is 5.93. The van der Waals surface area contributed by atoms with Gasteiger partial charge in [-0.2, -0.15) is 0 Å². The number of nitrogens with one attached hydrogen (secondary N) is 1. The van der Waals surface area contributed by atoms with E-state index in [1.807, 2.05) is 0 Å². The fourth-order valence-corrected chi connectivity index (χ4v) is 3.31. The first kappa shape index (κ1) is 20.5. The molecule has 0 bridgehead atoms. The molecule has 0 spiro atoms. The van der Waals surface area contributed by atoms with Crippen molar-refractivity contribution in [3.63, 3.8) is 0 Å². The van der Waals surface area contributed by atoms with Crippen LogP contribution in [-0.4, -0.2) is 43.7 Å². The largest absolute Gasteiger partial charge is 0.505 e. The van der Waals surface area contributed by atoms with Crippen LogP contribution < -0.4 is 15.0 Å². The van der Waals surface area contributed by atoms with E-state index >= 15 is 0 Å². The first-order valence-electron chi connectivity index (χ1n) is 8.70. The lowest BCUT2D eigenvalue weighted by molar-refractivity contribution is -0.122. The summed E-state index contributed by atoms with van der Waals surface area (Å²) in [5, 5.41) is 13.2. The number of esters is 1. The Labute approximate surface area is 172 Å². The van der Waals surface area contributed by atoms with Crippen LogP contribution in [0.2, 0.25) is 5.02 Å². The first-order valence-corrected chi connectivity index (χ1v) is 9.08. The number of carbonyl (C=O) groups excluding carboxylic acids is 3. The summed E-state index contributed by atoms with van der Waals surface area (Å²) in [6, 6.07) is 9.23. The number of rotatable bonds is 5. The third-order valence-corrected chi connectivity index (χ3v) is 4.86. The van der Waals surface area contributed by atoms with Gasteiger partial charge in [-0.15, -0.1) is 0 Å². The molecule has 1 saturated heterocycles. The summed E-state index contributed by atoms with van der Waals surface area (Å²) >= 11 is 6.04. The predicted octanol–water partition coefficient (Wildman–Crippen LogP) is 2.83. The SMILES string of the molecule is COC(=O)c1cccc(NC(=O)C2CC(=O)N(c3cc(Cl)ccc3OC)C2)c1O. The summed E-state index contributed by atoms with van der Waals surface area (Å²) in [5.41, 5.74) is 0.470. The number of amides is 2. The van der Waals surface area contributed by atoms with E-state index in [0.29, 0.717) is 16.5 Å². The number of hydrogen-bond acceptors (Lipinski definition) is 6. The van der Waals surface area contributed by atoms with Gasteiger partial charge in [0.2, 0.25) is 11.8 Å². The number of phenols is 1. The molecule has 3 rings (SSSR count). The monoisotopic (exact) mass is 418 g/mol. The lowest BCUT2D eigenvalue weighted by atomic mass is 10.1. The molecule has 1 fully saturated rings. The molecule has 2 aromatic carbocycles. The van der Waals surface area contributed by atoms with Crippen molar-refractivity contribution in [2.45, 2.75) is 6.42 Å². The van der Waals surface area contributed by atoms with Gasteiger partial charge < -0.3 is 24.8 Å². The molecule has 2 N–H and O–H groups in total. The van der Waals surface area contributed by atoms with Crippen LogP contribution in [-0.2, 0) is 14.3 Å². The number of carbonyl (C=O) groups is 3. The van der Waals surface area contributed by atoms with Crippen LogP contribution in [0.4, 0.5) is 11.4 Å². The zero-order chi connectivity index (χ0) is 21.1. The second kappa shape index (κ2) is 8.40. The molecule has 2 aromatic rings. The van der Waals surface area contributed by atoms with Crippen molar-refractivity contribution in [2.75, 3.05) is 31.0 Å². The number of halogens is 1. The Balaban J connectivity index is 1.78. The number of ether oxygens (including phenoxy) is 2. The Morgan fingerprint density at radius 2 is 2.00 bits per heavy atom.